The molecule has 0 aliphatic rings. The molecule has 0 fully saturated rings. The third kappa shape index (κ3) is 3.68. The molecule has 96 valence electrons. The van der Waals surface area contributed by atoms with Crippen LogP contribution in [0.1, 0.15) is 5.56 Å². The maximum absolute atomic E-state index is 12.6. The third-order valence-corrected chi connectivity index (χ3v) is 3.78. The van der Waals surface area contributed by atoms with E-state index in [0.717, 1.165) is 18.2 Å². The Morgan fingerprint density at radius 3 is 2.35 bits per heavy atom. The maximum Gasteiger partial charge on any atom is 0.417 e. The lowest BCUT2D eigenvalue weighted by molar-refractivity contribution is -0.139. The van der Waals surface area contributed by atoms with Gasteiger partial charge in [0, 0.05) is 11.9 Å². The summed E-state index contributed by atoms with van der Waals surface area (Å²) in [5, 5.41) is 0.320. The van der Waals surface area contributed by atoms with Gasteiger partial charge in [0.15, 0.2) is 0 Å². The van der Waals surface area contributed by atoms with Crippen LogP contribution < -0.4 is 4.72 Å². The number of rotatable bonds is 4. The molecular weight excluding hydrogens is 323 g/mol. The molecule has 0 heterocycles. The van der Waals surface area contributed by atoms with Crippen LogP contribution in [-0.4, -0.2) is 20.3 Å². The second-order valence-corrected chi connectivity index (χ2v) is 5.61. The molecule has 0 radical (unpaired) electrons. The lowest BCUT2D eigenvalue weighted by Crippen LogP contribution is -2.27. The molecule has 3 nitrogen and oxygen atoms in total. The summed E-state index contributed by atoms with van der Waals surface area (Å²) in [6, 6.07) is 4.06. The highest BCUT2D eigenvalue weighted by Gasteiger charge is 2.36. The summed E-state index contributed by atoms with van der Waals surface area (Å²) in [5.41, 5.74) is -1.16. The van der Waals surface area contributed by atoms with Gasteiger partial charge >= 0.3 is 6.18 Å². The second-order valence-electron chi connectivity index (χ2n) is 3.08. The van der Waals surface area contributed by atoms with Crippen molar-refractivity contribution < 1.29 is 21.6 Å². The topological polar surface area (TPSA) is 46.2 Å². The lowest BCUT2D eigenvalue weighted by atomic mass is 10.2. The highest BCUT2D eigenvalue weighted by molar-refractivity contribution is 9.09. The number of benzene rings is 1. The van der Waals surface area contributed by atoms with Crippen molar-refractivity contribution in [2.24, 2.45) is 0 Å². The van der Waals surface area contributed by atoms with Gasteiger partial charge < -0.3 is 0 Å². The van der Waals surface area contributed by atoms with Crippen LogP contribution in [0.5, 0.6) is 0 Å². The van der Waals surface area contributed by atoms with Crippen molar-refractivity contribution >= 4 is 26.0 Å². The molecule has 8 heteroatoms. The standard InChI is InChI=1S/C9H9BrF3NO2S/c10-5-6-14-17(15,16)8-4-2-1-3-7(8)9(11,12)13/h1-4,14H,5-6H2. The van der Waals surface area contributed by atoms with E-state index in [0.29, 0.717) is 5.33 Å². The Balaban J connectivity index is 3.23. The molecular formula is C9H9BrF3NO2S. The molecule has 1 aromatic rings. The summed E-state index contributed by atoms with van der Waals surface area (Å²) >= 11 is 2.98. The molecule has 0 saturated heterocycles. The zero-order chi connectivity index (χ0) is 13.1. The summed E-state index contributed by atoms with van der Waals surface area (Å²) in [5.74, 6) is 0. The van der Waals surface area contributed by atoms with Gasteiger partial charge in [0.2, 0.25) is 10.0 Å². The molecule has 0 saturated carbocycles. The van der Waals surface area contributed by atoms with Gasteiger partial charge in [-0.2, -0.15) is 13.2 Å². The Kier molecular flexibility index (Phi) is 4.56. The molecule has 1 N–H and O–H groups in total. The summed E-state index contributed by atoms with van der Waals surface area (Å²) < 4.78 is 63.1. The number of halogens is 4. The van der Waals surface area contributed by atoms with Gasteiger partial charge in [0.1, 0.15) is 0 Å². The van der Waals surface area contributed by atoms with E-state index in [1.807, 2.05) is 0 Å². The molecule has 0 atom stereocenters. The van der Waals surface area contributed by atoms with E-state index in [9.17, 15) is 21.6 Å². The highest BCUT2D eigenvalue weighted by atomic mass is 79.9. The van der Waals surface area contributed by atoms with Gasteiger partial charge in [-0.25, -0.2) is 13.1 Å². The van der Waals surface area contributed by atoms with Crippen LogP contribution in [0.25, 0.3) is 0 Å². The molecule has 0 amide bonds. The van der Waals surface area contributed by atoms with Crippen molar-refractivity contribution in [1.82, 2.24) is 4.72 Å². The average Bonchev–Trinajstić information content (AvgIpc) is 2.25. The molecule has 0 aliphatic heterocycles. The van der Waals surface area contributed by atoms with Gasteiger partial charge in [-0.3, -0.25) is 0 Å². The first-order chi connectivity index (χ1) is 7.79. The number of sulfonamides is 1. The molecule has 0 unspecified atom stereocenters. The lowest BCUT2D eigenvalue weighted by Gasteiger charge is -2.13. The Morgan fingerprint density at radius 1 is 1.24 bits per heavy atom. The normalized spacial score (nSPS) is 12.7. The van der Waals surface area contributed by atoms with E-state index in [1.165, 1.54) is 6.07 Å². The second kappa shape index (κ2) is 5.36. The van der Waals surface area contributed by atoms with Crippen LogP contribution in [0.15, 0.2) is 29.2 Å². The smallest absolute Gasteiger partial charge is 0.210 e. The first-order valence-electron chi connectivity index (χ1n) is 4.51. The van der Waals surface area contributed by atoms with E-state index in [1.54, 1.807) is 0 Å². The SMILES string of the molecule is O=S(=O)(NCCBr)c1ccccc1C(F)(F)F. The van der Waals surface area contributed by atoms with Crippen LogP contribution in [0.2, 0.25) is 0 Å². The fraction of sp³-hybridized carbons (Fsp3) is 0.333. The largest absolute Gasteiger partial charge is 0.417 e. The van der Waals surface area contributed by atoms with Crippen molar-refractivity contribution in [2.75, 3.05) is 11.9 Å². The first-order valence-corrected chi connectivity index (χ1v) is 7.11. The number of alkyl halides is 4. The zero-order valence-electron chi connectivity index (χ0n) is 8.46. The van der Waals surface area contributed by atoms with Crippen LogP contribution in [0, 0.1) is 0 Å². The Hall–Kier alpha value is -0.600. The van der Waals surface area contributed by atoms with E-state index in [-0.39, 0.29) is 6.54 Å². The molecule has 0 spiro atoms. The van der Waals surface area contributed by atoms with Crippen molar-refractivity contribution in [1.29, 1.82) is 0 Å². The molecule has 17 heavy (non-hydrogen) atoms. The van der Waals surface area contributed by atoms with E-state index < -0.39 is 26.7 Å². The molecule has 0 aliphatic carbocycles. The van der Waals surface area contributed by atoms with E-state index in [2.05, 4.69) is 20.7 Å². The molecule has 1 rings (SSSR count). The van der Waals surface area contributed by atoms with Gasteiger partial charge in [-0.05, 0) is 12.1 Å². The number of nitrogens with one attached hydrogen (secondary N) is 1. The number of hydrogen-bond donors (Lipinski definition) is 1. The van der Waals surface area contributed by atoms with Gasteiger partial charge in [-0.1, -0.05) is 28.1 Å². The van der Waals surface area contributed by atoms with Crippen molar-refractivity contribution in [2.45, 2.75) is 11.1 Å². The van der Waals surface area contributed by atoms with Crippen molar-refractivity contribution in [3.63, 3.8) is 0 Å². The number of hydrogen-bond acceptors (Lipinski definition) is 2. The van der Waals surface area contributed by atoms with Crippen molar-refractivity contribution in [3.8, 4) is 0 Å². The molecule has 0 aromatic heterocycles. The van der Waals surface area contributed by atoms with Gasteiger partial charge in [0.25, 0.3) is 0 Å². The predicted molar refractivity (Wildman–Crippen MR) is 60.4 cm³/mol. The third-order valence-electron chi connectivity index (χ3n) is 1.87. The minimum atomic E-state index is -4.69. The maximum atomic E-state index is 12.6. The summed E-state index contributed by atoms with van der Waals surface area (Å²) in [6.45, 7) is 0.0223. The fourth-order valence-electron chi connectivity index (χ4n) is 1.19. The van der Waals surface area contributed by atoms with Gasteiger partial charge in [-0.15, -0.1) is 0 Å². The minimum absolute atomic E-state index is 0.0223. The highest BCUT2D eigenvalue weighted by Crippen LogP contribution is 2.33. The van der Waals surface area contributed by atoms with E-state index in [4.69, 9.17) is 0 Å². The Morgan fingerprint density at radius 2 is 1.82 bits per heavy atom. The summed E-state index contributed by atoms with van der Waals surface area (Å²) in [7, 11) is -4.14. The zero-order valence-corrected chi connectivity index (χ0v) is 10.9. The van der Waals surface area contributed by atoms with Crippen molar-refractivity contribution in [3.05, 3.63) is 29.8 Å². The Bertz CT molecular complexity index is 487. The molecule has 1 aromatic carbocycles. The average molecular weight is 332 g/mol. The first kappa shape index (κ1) is 14.5. The summed E-state index contributed by atoms with van der Waals surface area (Å²) in [6.07, 6.45) is -4.69. The van der Waals surface area contributed by atoms with Crippen LogP contribution in [0.3, 0.4) is 0 Å². The van der Waals surface area contributed by atoms with E-state index >= 15 is 0 Å². The molecule has 0 bridgehead atoms. The monoisotopic (exact) mass is 331 g/mol. The summed E-state index contributed by atoms with van der Waals surface area (Å²) in [4.78, 5) is -0.756. The predicted octanol–water partition coefficient (Wildman–Crippen LogP) is 2.38. The van der Waals surface area contributed by atoms with Crippen LogP contribution >= 0.6 is 15.9 Å². The van der Waals surface area contributed by atoms with Crippen LogP contribution in [-0.2, 0) is 16.2 Å². The van der Waals surface area contributed by atoms with Crippen LogP contribution in [0.4, 0.5) is 13.2 Å². The minimum Gasteiger partial charge on any atom is -0.210 e. The fourth-order valence-corrected chi connectivity index (χ4v) is 2.90. The Labute approximate surface area is 105 Å². The quantitative estimate of drug-likeness (QED) is 0.861. The van der Waals surface area contributed by atoms with Gasteiger partial charge in [0.05, 0.1) is 10.5 Å².